The molecule has 0 heterocycles. The van der Waals surface area contributed by atoms with Crippen molar-refractivity contribution >= 4 is 10.4 Å². The molecule has 15 heavy (non-hydrogen) atoms. The van der Waals surface area contributed by atoms with E-state index in [2.05, 4.69) is 16.7 Å². The molecule has 0 aromatic rings. The Morgan fingerprint density at radius 3 is 2.47 bits per heavy atom. The molecule has 5 nitrogen and oxygen atoms in total. The van der Waals surface area contributed by atoms with Gasteiger partial charge in [0.2, 0.25) is 0 Å². The average Bonchev–Trinajstić information content (AvgIpc) is 2.08. The molecule has 0 radical (unpaired) electrons. The molecule has 0 rings (SSSR count). The molecule has 7 heteroatoms. The quantitative estimate of drug-likeness (QED) is 0.244. The van der Waals surface area contributed by atoms with Gasteiger partial charge in [-0.2, -0.15) is 18.2 Å². The van der Waals surface area contributed by atoms with Gasteiger partial charge in [-0.05, 0) is 13.3 Å². The van der Waals surface area contributed by atoms with Crippen LogP contribution in [0.25, 0.3) is 0 Å². The van der Waals surface area contributed by atoms with Crippen molar-refractivity contribution < 1.29 is 48.2 Å². The van der Waals surface area contributed by atoms with Gasteiger partial charge in [0.15, 0.2) is 0 Å². The van der Waals surface area contributed by atoms with E-state index < -0.39 is 10.4 Å². The number of unbranched alkanes of at least 4 members (excludes halogenated alkanes) is 3. The Kier molecular flexibility index (Phi) is 12.2. The maximum atomic E-state index is 10.2. The summed E-state index contributed by atoms with van der Waals surface area (Å²) in [6.45, 7) is 3.93. The molecule has 0 bridgehead atoms. The van der Waals surface area contributed by atoms with Gasteiger partial charge in [0.05, 0.1) is 0 Å². The molecule has 0 spiro atoms. The van der Waals surface area contributed by atoms with Crippen LogP contribution >= 0.6 is 0 Å². The predicted octanol–water partition coefficient (Wildman–Crippen LogP) is -1.21. The smallest absolute Gasteiger partial charge is 1.00 e. The van der Waals surface area contributed by atoms with E-state index >= 15 is 0 Å². The summed E-state index contributed by atoms with van der Waals surface area (Å²) in [4.78, 5) is 0. The van der Waals surface area contributed by atoms with Crippen LogP contribution in [0.1, 0.15) is 47.4 Å². The number of rotatable bonds is 8. The molecule has 0 aliphatic heterocycles. The van der Waals surface area contributed by atoms with Gasteiger partial charge in [-0.1, -0.05) is 32.6 Å². The van der Waals surface area contributed by atoms with Crippen molar-refractivity contribution in [3.63, 3.8) is 0 Å². The van der Waals surface area contributed by atoms with Crippen molar-refractivity contribution in [2.75, 3.05) is 0 Å². The van der Waals surface area contributed by atoms with Crippen LogP contribution in [0.2, 0.25) is 0 Å². The number of hydrogen-bond donors (Lipinski definition) is 2. The summed E-state index contributed by atoms with van der Waals surface area (Å²) in [7, 11) is -4.37. The van der Waals surface area contributed by atoms with E-state index in [0.717, 1.165) is 19.3 Å². The summed E-state index contributed by atoms with van der Waals surface area (Å²) in [5.41, 5.74) is 2.26. The molecule has 0 amide bonds. The van der Waals surface area contributed by atoms with Crippen molar-refractivity contribution in [1.29, 1.82) is 0 Å². The molecular formula is C8H20NNaO4S. The van der Waals surface area contributed by atoms with E-state index in [-0.39, 0.29) is 37.0 Å². The van der Waals surface area contributed by atoms with E-state index in [0.29, 0.717) is 0 Å². The van der Waals surface area contributed by atoms with E-state index in [4.69, 9.17) is 4.55 Å². The Balaban J connectivity index is -0.000000845. The van der Waals surface area contributed by atoms with E-state index in [1.807, 2.05) is 0 Å². The van der Waals surface area contributed by atoms with Gasteiger partial charge in [-0.25, -0.2) is 0 Å². The van der Waals surface area contributed by atoms with Gasteiger partial charge in [-0.15, -0.1) is 0 Å². The summed E-state index contributed by atoms with van der Waals surface area (Å²) in [5.74, 6) is 0. The summed E-state index contributed by atoms with van der Waals surface area (Å²) in [6, 6.07) is -0.0752. The van der Waals surface area contributed by atoms with Crippen LogP contribution in [0.5, 0.6) is 0 Å². The molecule has 88 valence electrons. The minimum Gasteiger partial charge on any atom is -1.00 e. The van der Waals surface area contributed by atoms with Gasteiger partial charge >= 0.3 is 40.0 Å². The molecule has 0 saturated carbocycles. The van der Waals surface area contributed by atoms with Crippen LogP contribution in [0.15, 0.2) is 0 Å². The van der Waals surface area contributed by atoms with Gasteiger partial charge in [0.1, 0.15) is 0 Å². The maximum Gasteiger partial charge on any atom is 1.00 e. The summed E-state index contributed by atoms with van der Waals surface area (Å²) in [6.07, 6.45) is 5.34. The van der Waals surface area contributed by atoms with Crippen molar-refractivity contribution in [2.45, 2.75) is 52.0 Å². The summed E-state index contributed by atoms with van der Waals surface area (Å²) in [5, 5.41) is 0. The Labute approximate surface area is 116 Å². The monoisotopic (exact) mass is 249 g/mol. The van der Waals surface area contributed by atoms with Gasteiger partial charge in [0.25, 0.3) is 0 Å². The molecule has 1 unspecified atom stereocenters. The first-order valence-electron chi connectivity index (χ1n) is 4.87. The zero-order valence-corrected chi connectivity index (χ0v) is 12.5. The fourth-order valence-corrected chi connectivity index (χ4v) is 1.37. The van der Waals surface area contributed by atoms with Crippen LogP contribution in [-0.2, 0) is 14.7 Å². The first-order valence-corrected chi connectivity index (χ1v) is 6.23. The first-order chi connectivity index (χ1) is 6.45. The second-order valence-corrected chi connectivity index (χ2v) is 4.40. The predicted molar refractivity (Wildman–Crippen MR) is 55.1 cm³/mol. The van der Waals surface area contributed by atoms with Crippen LogP contribution in [0.4, 0.5) is 0 Å². The van der Waals surface area contributed by atoms with Crippen molar-refractivity contribution in [1.82, 2.24) is 5.48 Å². The van der Waals surface area contributed by atoms with Crippen LogP contribution in [-0.4, -0.2) is 19.0 Å². The van der Waals surface area contributed by atoms with Gasteiger partial charge < -0.3 is 1.43 Å². The molecule has 0 aliphatic rings. The molecule has 0 saturated heterocycles. The molecule has 2 N–H and O–H groups in total. The Morgan fingerprint density at radius 2 is 2.00 bits per heavy atom. The Hall–Kier alpha value is 0.830. The van der Waals surface area contributed by atoms with Crippen molar-refractivity contribution in [3.8, 4) is 0 Å². The third-order valence-electron chi connectivity index (χ3n) is 1.85. The van der Waals surface area contributed by atoms with Crippen molar-refractivity contribution in [3.05, 3.63) is 0 Å². The number of hydrogen-bond acceptors (Lipinski definition) is 4. The minimum absolute atomic E-state index is 0. The van der Waals surface area contributed by atoms with Crippen molar-refractivity contribution in [2.24, 2.45) is 0 Å². The van der Waals surface area contributed by atoms with Gasteiger partial charge in [-0.3, -0.25) is 4.55 Å². The largest absolute Gasteiger partial charge is 1.00 e. The maximum absolute atomic E-state index is 10.2. The minimum atomic E-state index is -4.37. The second kappa shape index (κ2) is 10.0. The summed E-state index contributed by atoms with van der Waals surface area (Å²) >= 11 is 0. The zero-order chi connectivity index (χ0) is 11.0. The Morgan fingerprint density at radius 1 is 1.40 bits per heavy atom. The zero-order valence-electron chi connectivity index (χ0n) is 10.7. The fraction of sp³-hybridized carbons (Fsp3) is 1.00. The number of nitrogens with one attached hydrogen (secondary N) is 1. The molecule has 0 aromatic carbocycles. The first kappa shape index (κ1) is 18.2. The van der Waals surface area contributed by atoms with E-state index in [1.54, 1.807) is 6.92 Å². The fourth-order valence-electron chi connectivity index (χ4n) is 1.08. The third kappa shape index (κ3) is 14.8. The second-order valence-electron chi connectivity index (χ2n) is 3.38. The van der Waals surface area contributed by atoms with Gasteiger partial charge in [0, 0.05) is 6.04 Å². The van der Waals surface area contributed by atoms with Crippen LogP contribution < -0.4 is 35.0 Å². The Bertz CT molecular complexity index is 238. The standard InChI is InChI=1S/C8H19NO4S.Na.H/c1-3-4-5-6-7-8(2)9-13-14(10,11)12;;/h8-9H,3-7H2,1-2H3,(H,10,11,12);;/q;+1;-1. The normalized spacial score (nSPS) is 13.3. The molecule has 0 aliphatic carbocycles. The molecular weight excluding hydrogens is 229 g/mol. The molecule has 1 atom stereocenters. The third-order valence-corrected chi connectivity index (χ3v) is 2.15. The number of hydroxylamine groups is 1. The molecule has 0 fully saturated rings. The SMILES string of the molecule is CCCCCCC(C)NOS(=O)(=O)O.[H-].[Na+]. The van der Waals surface area contributed by atoms with Crippen LogP contribution in [0, 0.1) is 0 Å². The van der Waals surface area contributed by atoms with E-state index in [1.165, 1.54) is 12.8 Å². The topological polar surface area (TPSA) is 75.6 Å². The average molecular weight is 249 g/mol. The molecule has 0 aromatic heterocycles. The summed E-state index contributed by atoms with van der Waals surface area (Å²) < 4.78 is 32.7. The van der Waals surface area contributed by atoms with E-state index in [9.17, 15) is 8.42 Å². The van der Waals surface area contributed by atoms with Crippen LogP contribution in [0.3, 0.4) is 0 Å².